The number of nitrogens with zero attached hydrogens (tertiary/aromatic N) is 2. The van der Waals surface area contributed by atoms with Crippen LogP contribution in [0.2, 0.25) is 0 Å². The third-order valence-electron chi connectivity index (χ3n) is 2.80. The molecule has 1 aromatic rings. The molecular formula is C11H9BrN2O2. The Morgan fingerprint density at radius 2 is 2.38 bits per heavy atom. The minimum absolute atomic E-state index is 0.105. The lowest BCUT2D eigenvalue weighted by Crippen LogP contribution is -2.41. The van der Waals surface area contributed by atoms with Gasteiger partial charge in [0.2, 0.25) is 0 Å². The molecule has 1 atom stereocenters. The molecule has 0 bridgehead atoms. The quantitative estimate of drug-likeness (QED) is 0.730. The first kappa shape index (κ1) is 9.84. The van der Waals surface area contributed by atoms with E-state index in [1.165, 1.54) is 0 Å². The lowest BCUT2D eigenvalue weighted by Gasteiger charge is -2.30. The van der Waals surface area contributed by atoms with Gasteiger partial charge in [-0.15, -0.1) is 0 Å². The number of halogens is 1. The summed E-state index contributed by atoms with van der Waals surface area (Å²) in [5.41, 5.74) is 0.901. The van der Waals surface area contributed by atoms with Crippen molar-refractivity contribution in [2.75, 3.05) is 11.5 Å². The summed E-state index contributed by atoms with van der Waals surface area (Å²) in [4.78, 5) is 17.5. The molecule has 0 fully saturated rings. The molecule has 2 aliphatic heterocycles. The third kappa shape index (κ3) is 1.28. The van der Waals surface area contributed by atoms with Crippen LogP contribution in [0, 0.1) is 0 Å². The lowest BCUT2D eigenvalue weighted by atomic mass is 10.2. The summed E-state index contributed by atoms with van der Waals surface area (Å²) in [6.07, 6.45) is 0. The number of ether oxygens (including phenoxy) is 1. The molecule has 0 N–H and O–H groups in total. The number of amides is 1. The highest BCUT2D eigenvalue weighted by molar-refractivity contribution is 9.10. The predicted molar refractivity (Wildman–Crippen MR) is 64.0 cm³/mol. The molecule has 5 heteroatoms. The topological polar surface area (TPSA) is 41.9 Å². The number of anilines is 1. The monoisotopic (exact) mass is 280 g/mol. The first-order chi connectivity index (χ1) is 7.66. The molecule has 1 aromatic carbocycles. The first-order valence-corrected chi connectivity index (χ1v) is 5.79. The van der Waals surface area contributed by atoms with Crippen LogP contribution in [-0.2, 0) is 4.79 Å². The van der Waals surface area contributed by atoms with Crippen LogP contribution in [0.3, 0.4) is 0 Å². The highest BCUT2D eigenvalue weighted by Crippen LogP contribution is 2.37. The van der Waals surface area contributed by atoms with Crippen LogP contribution in [0.25, 0.3) is 0 Å². The molecule has 0 saturated heterocycles. The van der Waals surface area contributed by atoms with Gasteiger partial charge in [0.15, 0.2) is 5.84 Å². The van der Waals surface area contributed by atoms with Crippen molar-refractivity contribution in [1.29, 1.82) is 0 Å². The van der Waals surface area contributed by atoms with Crippen LogP contribution in [0.15, 0.2) is 27.7 Å². The average molecular weight is 281 g/mol. The Hall–Kier alpha value is -1.36. The molecule has 0 radical (unpaired) electrons. The van der Waals surface area contributed by atoms with E-state index in [9.17, 15) is 4.79 Å². The summed E-state index contributed by atoms with van der Waals surface area (Å²) >= 11 is 3.42. The summed E-state index contributed by atoms with van der Waals surface area (Å²) in [6, 6.07) is 5.53. The second kappa shape index (κ2) is 3.31. The zero-order valence-electron chi connectivity index (χ0n) is 8.61. The number of hydrogen-bond acceptors (Lipinski definition) is 3. The summed E-state index contributed by atoms with van der Waals surface area (Å²) in [6.45, 7) is 2.22. The largest absolute Gasteiger partial charge is 0.483 e. The zero-order valence-corrected chi connectivity index (χ0v) is 10.2. The Kier molecular flexibility index (Phi) is 2.04. The number of amidine groups is 1. The van der Waals surface area contributed by atoms with Gasteiger partial charge >= 0.3 is 0 Å². The second-order valence-corrected chi connectivity index (χ2v) is 4.73. The molecule has 0 aliphatic carbocycles. The van der Waals surface area contributed by atoms with Crippen molar-refractivity contribution < 1.29 is 9.53 Å². The normalized spacial score (nSPS) is 22.4. The lowest BCUT2D eigenvalue weighted by molar-refractivity contribution is -0.117. The van der Waals surface area contributed by atoms with Gasteiger partial charge in [0.1, 0.15) is 18.4 Å². The number of benzene rings is 1. The number of aliphatic imine (C=N–C) groups is 1. The highest BCUT2D eigenvalue weighted by Gasteiger charge is 2.37. The van der Waals surface area contributed by atoms with Gasteiger partial charge in [-0.3, -0.25) is 4.79 Å². The molecule has 0 spiro atoms. The van der Waals surface area contributed by atoms with Gasteiger partial charge in [0.25, 0.3) is 5.91 Å². The molecule has 16 heavy (non-hydrogen) atoms. The summed E-state index contributed by atoms with van der Waals surface area (Å²) in [7, 11) is 0. The fourth-order valence-corrected chi connectivity index (χ4v) is 2.35. The van der Waals surface area contributed by atoms with Crippen molar-refractivity contribution in [3.63, 3.8) is 0 Å². The van der Waals surface area contributed by atoms with E-state index in [0.717, 1.165) is 15.9 Å². The van der Waals surface area contributed by atoms with Crippen LogP contribution in [0.5, 0.6) is 5.75 Å². The van der Waals surface area contributed by atoms with Crippen LogP contribution in [0.1, 0.15) is 6.92 Å². The summed E-state index contributed by atoms with van der Waals surface area (Å²) < 4.78 is 6.50. The molecule has 0 unspecified atom stereocenters. The van der Waals surface area contributed by atoms with Crippen molar-refractivity contribution in [3.05, 3.63) is 22.7 Å². The fraction of sp³-hybridized carbons (Fsp3) is 0.273. The van der Waals surface area contributed by atoms with Gasteiger partial charge in [-0.25, -0.2) is 0 Å². The first-order valence-electron chi connectivity index (χ1n) is 5.00. The summed E-state index contributed by atoms with van der Waals surface area (Å²) in [5, 5.41) is 0. The van der Waals surface area contributed by atoms with Crippen LogP contribution in [0.4, 0.5) is 5.69 Å². The van der Waals surface area contributed by atoms with Crippen molar-refractivity contribution in [2.24, 2.45) is 4.99 Å². The minimum Gasteiger partial charge on any atom is -0.483 e. The van der Waals surface area contributed by atoms with Gasteiger partial charge in [0, 0.05) is 4.47 Å². The maximum Gasteiger partial charge on any atom is 0.270 e. The fourth-order valence-electron chi connectivity index (χ4n) is 2.00. The number of carbonyl (C=O) groups is 1. The summed E-state index contributed by atoms with van der Waals surface area (Å²) in [5.74, 6) is 1.39. The standard InChI is InChI=1S/C11H9BrN2O2/c1-6-11(15)13-10-5-16-9-3-2-7(12)4-8(9)14(6)10/h2-4,6H,5H2,1H3/t6-/m1/s1. The van der Waals surface area contributed by atoms with Crippen LogP contribution < -0.4 is 9.64 Å². The van der Waals surface area contributed by atoms with E-state index in [4.69, 9.17) is 4.74 Å². The van der Waals surface area contributed by atoms with Crippen molar-refractivity contribution in [2.45, 2.75) is 13.0 Å². The molecular weight excluding hydrogens is 272 g/mol. The van der Waals surface area contributed by atoms with E-state index in [2.05, 4.69) is 20.9 Å². The Labute approximate surface area is 101 Å². The van der Waals surface area contributed by atoms with Crippen molar-refractivity contribution in [1.82, 2.24) is 0 Å². The Balaban J connectivity index is 2.15. The number of hydrogen-bond donors (Lipinski definition) is 0. The van der Waals surface area contributed by atoms with E-state index in [-0.39, 0.29) is 11.9 Å². The maximum atomic E-state index is 11.5. The Bertz CT molecular complexity index is 513. The predicted octanol–water partition coefficient (Wildman–Crippen LogP) is 1.98. The number of carbonyl (C=O) groups excluding carboxylic acids is 1. The van der Waals surface area contributed by atoms with Gasteiger partial charge in [-0.2, -0.15) is 4.99 Å². The van der Waals surface area contributed by atoms with Gasteiger partial charge in [0.05, 0.1) is 5.69 Å². The molecule has 2 heterocycles. The molecule has 82 valence electrons. The van der Waals surface area contributed by atoms with E-state index < -0.39 is 0 Å². The third-order valence-corrected chi connectivity index (χ3v) is 3.29. The van der Waals surface area contributed by atoms with Crippen LogP contribution in [-0.4, -0.2) is 24.4 Å². The average Bonchev–Trinajstić information content (AvgIpc) is 2.55. The molecule has 2 aliphatic rings. The van der Waals surface area contributed by atoms with Gasteiger partial charge in [-0.05, 0) is 25.1 Å². The van der Waals surface area contributed by atoms with E-state index >= 15 is 0 Å². The van der Waals surface area contributed by atoms with Gasteiger partial charge in [-0.1, -0.05) is 15.9 Å². The van der Waals surface area contributed by atoms with E-state index in [1.54, 1.807) is 0 Å². The minimum atomic E-state index is -0.230. The van der Waals surface area contributed by atoms with Crippen LogP contribution >= 0.6 is 15.9 Å². The Morgan fingerprint density at radius 1 is 1.56 bits per heavy atom. The molecule has 0 saturated carbocycles. The molecule has 1 amide bonds. The SMILES string of the molecule is C[C@@H]1C(=O)N=C2COc3ccc(Br)cc3N21. The van der Waals surface area contributed by atoms with Gasteiger partial charge < -0.3 is 9.64 Å². The molecule has 4 nitrogen and oxygen atoms in total. The number of fused-ring (bicyclic) bond motifs is 3. The Morgan fingerprint density at radius 3 is 3.19 bits per heavy atom. The van der Waals surface area contributed by atoms with E-state index in [1.807, 2.05) is 30.0 Å². The van der Waals surface area contributed by atoms with Crippen molar-refractivity contribution in [3.8, 4) is 5.75 Å². The number of rotatable bonds is 0. The zero-order chi connectivity index (χ0) is 11.3. The van der Waals surface area contributed by atoms with E-state index in [0.29, 0.717) is 12.4 Å². The molecule has 3 rings (SSSR count). The van der Waals surface area contributed by atoms with Crippen molar-refractivity contribution >= 4 is 33.4 Å². The highest BCUT2D eigenvalue weighted by atomic mass is 79.9. The molecule has 0 aromatic heterocycles. The smallest absolute Gasteiger partial charge is 0.270 e. The maximum absolute atomic E-state index is 11.5. The second-order valence-electron chi connectivity index (χ2n) is 3.81.